The third-order valence-electron chi connectivity index (χ3n) is 3.76. The monoisotopic (exact) mass is 278 g/mol. The van der Waals surface area contributed by atoms with E-state index < -0.39 is 0 Å². The molecule has 0 bridgehead atoms. The maximum Gasteiger partial charge on any atom is 0.0312 e. The van der Waals surface area contributed by atoms with Gasteiger partial charge in [-0.05, 0) is 50.3 Å². The normalized spacial score (nSPS) is 21.4. The van der Waals surface area contributed by atoms with Crippen molar-refractivity contribution in [3.8, 4) is 0 Å². The number of pyridine rings is 1. The van der Waals surface area contributed by atoms with Crippen molar-refractivity contribution in [2.24, 2.45) is 5.92 Å². The summed E-state index contributed by atoms with van der Waals surface area (Å²) in [5.41, 5.74) is 1.32. The number of hydrogen-bond acceptors (Lipinski definition) is 2. The predicted octanol–water partition coefficient (Wildman–Crippen LogP) is 5.14. The lowest BCUT2D eigenvalue weighted by atomic mass is 9.86. The summed E-state index contributed by atoms with van der Waals surface area (Å²) >= 11 is 0. The number of hydrogen-bond donors (Lipinski definition) is 0. The third kappa shape index (κ3) is 7.04. The molecule has 0 saturated heterocycles. The van der Waals surface area contributed by atoms with Gasteiger partial charge in [-0.2, -0.15) is 0 Å². The van der Waals surface area contributed by atoms with Gasteiger partial charge >= 0.3 is 0 Å². The van der Waals surface area contributed by atoms with Crippen molar-refractivity contribution in [1.82, 2.24) is 9.88 Å². The second-order valence-electron chi connectivity index (χ2n) is 5.19. The van der Waals surface area contributed by atoms with Crippen LogP contribution in [0, 0.1) is 5.92 Å². The molecule has 20 heavy (non-hydrogen) atoms. The minimum Gasteiger partial charge on any atom is -0.299 e. The first-order valence-corrected chi connectivity index (χ1v) is 8.35. The van der Waals surface area contributed by atoms with Crippen LogP contribution in [0.25, 0.3) is 0 Å². The van der Waals surface area contributed by atoms with E-state index >= 15 is 0 Å². The third-order valence-corrected chi connectivity index (χ3v) is 3.76. The Morgan fingerprint density at radius 2 is 1.70 bits per heavy atom. The molecule has 0 atom stereocenters. The van der Waals surface area contributed by atoms with E-state index in [1.165, 1.54) is 31.2 Å². The Bertz CT molecular complexity index is 302. The lowest BCUT2D eigenvalue weighted by Crippen LogP contribution is -2.34. The Hall–Kier alpha value is -0.890. The molecule has 0 aliphatic heterocycles. The molecule has 1 aromatic rings. The zero-order chi connectivity index (χ0) is 15.4. The first-order valence-electron chi connectivity index (χ1n) is 8.35. The van der Waals surface area contributed by atoms with Crippen molar-refractivity contribution < 1.29 is 0 Å². The molecule has 1 heterocycles. The van der Waals surface area contributed by atoms with Crippen molar-refractivity contribution in [3.05, 3.63) is 30.1 Å². The van der Waals surface area contributed by atoms with Crippen molar-refractivity contribution in [2.75, 3.05) is 7.05 Å². The number of rotatable bonds is 3. The average molecular weight is 278 g/mol. The Balaban J connectivity index is 0.000000829. The van der Waals surface area contributed by atoms with E-state index in [0.29, 0.717) is 0 Å². The lowest BCUT2D eigenvalue weighted by molar-refractivity contribution is 0.164. The summed E-state index contributed by atoms with van der Waals surface area (Å²) in [6.45, 7) is 11.4. The minimum absolute atomic E-state index is 0.774. The highest BCUT2D eigenvalue weighted by Gasteiger charge is 2.21. The van der Waals surface area contributed by atoms with Gasteiger partial charge in [-0.3, -0.25) is 9.88 Å². The fraction of sp³-hybridized carbons (Fsp3) is 0.722. The standard InChI is InChI=1S/C14H22N2.2C2H6/c1-12-5-7-14(8-6-12)16(2)11-13-4-3-9-15-10-13;2*1-2/h3-4,9-10,12,14H,5-8,11H2,1-2H3;2*1-2H3. The minimum atomic E-state index is 0.774. The summed E-state index contributed by atoms with van der Waals surface area (Å²) in [5.74, 6) is 0.933. The van der Waals surface area contributed by atoms with E-state index in [1.54, 1.807) is 0 Å². The molecule has 2 heteroatoms. The molecule has 0 radical (unpaired) electrons. The van der Waals surface area contributed by atoms with Crippen molar-refractivity contribution >= 4 is 0 Å². The zero-order valence-electron chi connectivity index (χ0n) is 14.4. The number of aromatic nitrogens is 1. The van der Waals surface area contributed by atoms with Gasteiger partial charge in [0.15, 0.2) is 0 Å². The van der Waals surface area contributed by atoms with E-state index in [-0.39, 0.29) is 0 Å². The molecule has 1 aliphatic carbocycles. The molecule has 1 aromatic heterocycles. The second kappa shape index (κ2) is 11.9. The van der Waals surface area contributed by atoms with Crippen LogP contribution in [-0.2, 0) is 6.54 Å². The van der Waals surface area contributed by atoms with E-state index in [1.807, 2.05) is 46.2 Å². The van der Waals surface area contributed by atoms with E-state index in [4.69, 9.17) is 0 Å². The molecule has 0 unspecified atom stereocenters. The molecule has 116 valence electrons. The first-order chi connectivity index (χ1) is 9.75. The van der Waals surface area contributed by atoms with E-state index in [9.17, 15) is 0 Å². The molecular formula is C18H34N2. The summed E-state index contributed by atoms with van der Waals surface area (Å²) in [7, 11) is 2.24. The predicted molar refractivity (Wildman–Crippen MR) is 89.8 cm³/mol. The van der Waals surface area contributed by atoms with Crippen LogP contribution in [0.1, 0.15) is 65.9 Å². The zero-order valence-corrected chi connectivity index (χ0v) is 14.4. The van der Waals surface area contributed by atoms with E-state index in [0.717, 1.165) is 18.5 Å². The van der Waals surface area contributed by atoms with Gasteiger partial charge in [0.2, 0.25) is 0 Å². The molecule has 0 spiro atoms. The maximum absolute atomic E-state index is 4.17. The van der Waals surface area contributed by atoms with Crippen LogP contribution in [0.2, 0.25) is 0 Å². The van der Waals surface area contributed by atoms with Crippen LogP contribution in [0.15, 0.2) is 24.5 Å². The second-order valence-corrected chi connectivity index (χ2v) is 5.19. The first kappa shape index (κ1) is 19.1. The summed E-state index contributed by atoms with van der Waals surface area (Å²) in [4.78, 5) is 6.66. The lowest BCUT2D eigenvalue weighted by Gasteiger charge is -2.33. The van der Waals surface area contributed by atoms with Crippen LogP contribution in [0.3, 0.4) is 0 Å². The van der Waals surface area contributed by atoms with Crippen molar-refractivity contribution in [2.45, 2.75) is 72.9 Å². The van der Waals surface area contributed by atoms with Crippen molar-refractivity contribution in [3.63, 3.8) is 0 Å². The Morgan fingerprint density at radius 1 is 1.10 bits per heavy atom. The Kier molecular flexibility index (Phi) is 11.4. The van der Waals surface area contributed by atoms with E-state index in [2.05, 4.69) is 29.9 Å². The fourth-order valence-corrected chi connectivity index (χ4v) is 2.59. The van der Waals surface area contributed by atoms with Gasteiger partial charge < -0.3 is 0 Å². The average Bonchev–Trinajstić information content (AvgIpc) is 2.53. The number of nitrogens with zero attached hydrogens (tertiary/aromatic N) is 2. The molecular weight excluding hydrogens is 244 g/mol. The summed E-state index contributed by atoms with van der Waals surface area (Å²) < 4.78 is 0. The maximum atomic E-state index is 4.17. The highest BCUT2D eigenvalue weighted by atomic mass is 15.1. The summed E-state index contributed by atoms with van der Waals surface area (Å²) in [5, 5.41) is 0. The SMILES string of the molecule is CC.CC.CC1CCC(N(C)Cc2cccnc2)CC1. The molecule has 1 saturated carbocycles. The van der Waals surface area contributed by atoms with Gasteiger partial charge in [-0.25, -0.2) is 0 Å². The molecule has 2 rings (SSSR count). The summed E-state index contributed by atoms with van der Waals surface area (Å²) in [6, 6.07) is 4.96. The van der Waals surface area contributed by atoms with Crippen LogP contribution in [0.4, 0.5) is 0 Å². The van der Waals surface area contributed by atoms with Gasteiger partial charge in [0.25, 0.3) is 0 Å². The van der Waals surface area contributed by atoms with Gasteiger partial charge in [0.05, 0.1) is 0 Å². The largest absolute Gasteiger partial charge is 0.299 e. The van der Waals surface area contributed by atoms with Gasteiger partial charge in [-0.15, -0.1) is 0 Å². The van der Waals surface area contributed by atoms with Gasteiger partial charge in [0.1, 0.15) is 0 Å². The van der Waals surface area contributed by atoms with Crippen LogP contribution in [0.5, 0.6) is 0 Å². The molecule has 1 aliphatic rings. The van der Waals surface area contributed by atoms with Gasteiger partial charge in [0, 0.05) is 25.0 Å². The molecule has 0 amide bonds. The van der Waals surface area contributed by atoms with Crippen LogP contribution < -0.4 is 0 Å². The molecule has 0 aromatic carbocycles. The molecule has 1 fully saturated rings. The molecule has 2 nitrogen and oxygen atoms in total. The van der Waals surface area contributed by atoms with Crippen LogP contribution in [-0.4, -0.2) is 23.0 Å². The topological polar surface area (TPSA) is 16.1 Å². The Morgan fingerprint density at radius 3 is 2.20 bits per heavy atom. The highest BCUT2D eigenvalue weighted by Crippen LogP contribution is 2.27. The fourth-order valence-electron chi connectivity index (χ4n) is 2.59. The molecule has 0 N–H and O–H groups in total. The quantitative estimate of drug-likeness (QED) is 0.760. The highest BCUT2D eigenvalue weighted by molar-refractivity contribution is 5.08. The Labute approximate surface area is 126 Å². The van der Waals surface area contributed by atoms with Gasteiger partial charge in [-0.1, -0.05) is 40.7 Å². The van der Waals surface area contributed by atoms with Crippen molar-refractivity contribution in [1.29, 1.82) is 0 Å². The summed E-state index contributed by atoms with van der Waals surface area (Å²) in [6.07, 6.45) is 9.31. The van der Waals surface area contributed by atoms with Crippen LogP contribution >= 0.6 is 0 Å². The smallest absolute Gasteiger partial charge is 0.0312 e.